The first-order chi connectivity index (χ1) is 46.8. The smallest absolute Gasteiger partial charge is 0.462 e. The first-order valence-electron chi connectivity index (χ1n) is 38.5. The number of rotatable bonds is 75. The topological polar surface area (TPSA) is 237 Å². The first-order valence-corrected chi connectivity index (χ1v) is 41.5. The van der Waals surface area contributed by atoms with E-state index in [1.807, 2.05) is 0 Å². The molecule has 0 saturated heterocycles. The molecule has 0 aliphatic carbocycles. The summed E-state index contributed by atoms with van der Waals surface area (Å²) in [6.07, 6.45) is 69.6. The van der Waals surface area contributed by atoms with E-state index in [1.54, 1.807) is 0 Å². The number of esters is 3. The van der Waals surface area contributed by atoms with E-state index in [0.29, 0.717) is 32.3 Å². The van der Waals surface area contributed by atoms with Crippen LogP contribution < -0.4 is 0 Å². The van der Waals surface area contributed by atoms with Crippen LogP contribution in [-0.2, 0) is 65.4 Å². The summed E-state index contributed by atoms with van der Waals surface area (Å²) in [7, 11) is -9.83. The summed E-state index contributed by atoms with van der Waals surface area (Å²) in [6, 6.07) is 0. The van der Waals surface area contributed by atoms with Crippen molar-refractivity contribution in [3.05, 3.63) is 60.8 Å². The van der Waals surface area contributed by atoms with Crippen LogP contribution in [0.2, 0.25) is 0 Å². The minimum absolute atomic E-state index is 0.0867. The van der Waals surface area contributed by atoms with Gasteiger partial charge in [0.2, 0.25) is 0 Å². The largest absolute Gasteiger partial charge is 0.472 e. The summed E-state index contributed by atoms with van der Waals surface area (Å²) in [6.45, 7) is 3.60. The molecule has 0 aliphatic rings. The van der Waals surface area contributed by atoms with E-state index in [1.165, 1.54) is 96.3 Å². The minimum Gasteiger partial charge on any atom is -0.462 e. The third-order valence-corrected chi connectivity index (χ3v) is 18.4. The van der Waals surface area contributed by atoms with Crippen LogP contribution in [0.3, 0.4) is 0 Å². The van der Waals surface area contributed by atoms with Crippen LogP contribution in [0, 0.1) is 0 Å². The molecule has 0 spiro atoms. The second-order valence-electron chi connectivity index (χ2n) is 25.9. The van der Waals surface area contributed by atoms with Crippen LogP contribution in [0.25, 0.3) is 0 Å². The lowest BCUT2D eigenvalue weighted by Gasteiger charge is -2.21. The van der Waals surface area contributed by atoms with Gasteiger partial charge in [-0.1, -0.05) is 255 Å². The van der Waals surface area contributed by atoms with Gasteiger partial charge in [-0.25, -0.2) is 9.13 Å². The molecule has 560 valence electrons. The molecule has 2 unspecified atom stereocenters. The summed E-state index contributed by atoms with van der Waals surface area (Å²) in [5.74, 6) is -1.56. The van der Waals surface area contributed by atoms with Crippen molar-refractivity contribution in [3.63, 3.8) is 0 Å². The summed E-state index contributed by atoms with van der Waals surface area (Å²) in [4.78, 5) is 70.5. The van der Waals surface area contributed by atoms with E-state index in [4.69, 9.17) is 37.0 Å². The summed E-state index contributed by atoms with van der Waals surface area (Å²) in [5, 5.41) is 10.6. The third kappa shape index (κ3) is 70.8. The zero-order chi connectivity index (χ0) is 70.2. The van der Waals surface area contributed by atoms with Gasteiger partial charge in [0.25, 0.3) is 0 Å². The number of carbonyl (C=O) groups excluding carboxylic acids is 4. The molecule has 0 saturated carbocycles. The molecule has 0 heterocycles. The maximum absolute atomic E-state index is 13.1. The Kier molecular flexibility index (Phi) is 69.4. The lowest BCUT2D eigenvalue weighted by Crippen LogP contribution is -2.30. The molecular weight excluding hydrogens is 1260 g/mol. The standard InChI is InChI=1S/C77H140O17P2/c1-4-7-10-13-16-19-22-25-27-32-37-42-47-52-57-62-76(81)93-73(68-87-65-60-55-50-45-40-35-30-29-34-39-44-49-54-59-64-78)70-91-95(83,84)89-66-72(79)67-90-96(85,86)92-71-74(69-88-75(80)61-56-51-46-41-36-31-24-21-18-15-12-9-6-3)94-77(82)63-58-53-48-43-38-33-28-26-23-20-17-14-11-8-5-2/h16-17,19-20,25-30,64,72-74,79H,4-15,18,21-24,31-63,65-71H2,1-3H3,(H,83,84)(H,85,86)/b19-16-,20-17-,27-25-,28-26-,30-29-/t72-,73-,74-/m1/s1. The quantitative estimate of drug-likeness (QED) is 0.0128. The molecule has 0 aliphatic heterocycles. The molecule has 0 aromatic heterocycles. The first kappa shape index (κ1) is 92.9. The Balaban J connectivity index is 5.28. The van der Waals surface area contributed by atoms with Crippen molar-refractivity contribution in [2.45, 2.75) is 360 Å². The van der Waals surface area contributed by atoms with Gasteiger partial charge in [0.05, 0.1) is 33.0 Å². The Labute approximate surface area is 584 Å². The SMILES string of the molecule is CCCCC/C=C\C/C=C\CCCCCCCC(=O)O[C@H](COCCCCCCC/C=C\CCCCCCC=O)COP(=O)(O)OC[C@@H](O)COP(=O)(O)OC[C@@H](COC(=O)CCCCCCCCCCCCCCC)OC(=O)CCCCCCC/C=C\C/C=C\CCCCC. The van der Waals surface area contributed by atoms with Crippen LogP contribution in [0.5, 0.6) is 0 Å². The van der Waals surface area contributed by atoms with Gasteiger partial charge in [-0.15, -0.1) is 0 Å². The number of aldehydes is 1. The molecule has 96 heavy (non-hydrogen) atoms. The van der Waals surface area contributed by atoms with Crippen molar-refractivity contribution in [1.29, 1.82) is 0 Å². The molecule has 3 N–H and O–H groups in total. The highest BCUT2D eigenvalue weighted by Gasteiger charge is 2.30. The van der Waals surface area contributed by atoms with Gasteiger partial charge in [0, 0.05) is 32.3 Å². The molecule has 0 fully saturated rings. The summed E-state index contributed by atoms with van der Waals surface area (Å²) >= 11 is 0. The van der Waals surface area contributed by atoms with E-state index in [-0.39, 0.29) is 25.9 Å². The highest BCUT2D eigenvalue weighted by molar-refractivity contribution is 7.47. The normalized spacial score (nSPS) is 14.3. The van der Waals surface area contributed by atoms with E-state index in [0.717, 1.165) is 186 Å². The van der Waals surface area contributed by atoms with Crippen LogP contribution in [-0.4, -0.2) is 104 Å². The van der Waals surface area contributed by atoms with Crippen molar-refractivity contribution >= 4 is 39.8 Å². The van der Waals surface area contributed by atoms with Gasteiger partial charge in [0.15, 0.2) is 6.10 Å². The van der Waals surface area contributed by atoms with E-state index in [2.05, 4.69) is 81.5 Å². The van der Waals surface area contributed by atoms with E-state index >= 15 is 0 Å². The number of ether oxygens (including phenoxy) is 4. The predicted octanol–water partition coefficient (Wildman–Crippen LogP) is 21.5. The van der Waals surface area contributed by atoms with Gasteiger partial charge in [0.1, 0.15) is 25.1 Å². The van der Waals surface area contributed by atoms with Crippen molar-refractivity contribution in [2.75, 3.05) is 46.2 Å². The van der Waals surface area contributed by atoms with Gasteiger partial charge in [-0.2, -0.15) is 0 Å². The Morgan fingerprint density at radius 3 is 0.990 bits per heavy atom. The zero-order valence-electron chi connectivity index (χ0n) is 60.8. The third-order valence-electron chi connectivity index (χ3n) is 16.5. The molecular formula is C77H140O17P2. The predicted molar refractivity (Wildman–Crippen MR) is 391 cm³/mol. The Hall–Kier alpha value is -3.08. The number of unbranched alkanes of at least 4 members (excludes halogenated alkanes) is 38. The number of phosphoric acid groups is 2. The second kappa shape index (κ2) is 71.7. The lowest BCUT2D eigenvalue weighted by atomic mass is 10.0. The Bertz CT molecular complexity index is 2030. The molecule has 0 rings (SSSR count). The maximum Gasteiger partial charge on any atom is 0.472 e. The van der Waals surface area contributed by atoms with Crippen LogP contribution >= 0.6 is 15.6 Å². The molecule has 0 aromatic carbocycles. The molecule has 0 radical (unpaired) electrons. The average Bonchev–Trinajstić information content (AvgIpc) is 2.20. The highest BCUT2D eigenvalue weighted by Crippen LogP contribution is 2.45. The fraction of sp³-hybridized carbons (Fsp3) is 0.818. The molecule has 19 heteroatoms. The Morgan fingerprint density at radius 2 is 0.615 bits per heavy atom. The van der Waals surface area contributed by atoms with Crippen molar-refractivity contribution in [1.82, 2.24) is 0 Å². The number of allylic oxidation sites excluding steroid dienone is 10. The van der Waals surface area contributed by atoms with Gasteiger partial charge >= 0.3 is 33.6 Å². The number of phosphoric ester groups is 2. The van der Waals surface area contributed by atoms with Crippen LogP contribution in [0.4, 0.5) is 0 Å². The van der Waals surface area contributed by atoms with E-state index in [9.17, 15) is 43.2 Å². The fourth-order valence-corrected chi connectivity index (χ4v) is 12.1. The number of hydrogen-bond donors (Lipinski definition) is 3. The molecule has 0 bridgehead atoms. The minimum atomic E-state index is -4.94. The summed E-state index contributed by atoms with van der Waals surface area (Å²) < 4.78 is 69.1. The van der Waals surface area contributed by atoms with Crippen molar-refractivity contribution in [3.8, 4) is 0 Å². The number of aliphatic hydroxyl groups is 1. The maximum atomic E-state index is 13.1. The molecule has 5 atom stereocenters. The average molecular weight is 1400 g/mol. The number of aliphatic hydroxyl groups excluding tert-OH is 1. The van der Waals surface area contributed by atoms with Crippen LogP contribution in [0.1, 0.15) is 342 Å². The number of carbonyl (C=O) groups is 4. The second-order valence-corrected chi connectivity index (χ2v) is 28.8. The van der Waals surface area contributed by atoms with Gasteiger partial charge < -0.3 is 38.6 Å². The fourth-order valence-electron chi connectivity index (χ4n) is 10.6. The highest BCUT2D eigenvalue weighted by atomic mass is 31.2. The lowest BCUT2D eigenvalue weighted by molar-refractivity contribution is -0.161. The molecule has 17 nitrogen and oxygen atoms in total. The monoisotopic (exact) mass is 1400 g/mol. The molecule has 0 aromatic rings. The Morgan fingerprint density at radius 1 is 0.333 bits per heavy atom. The van der Waals surface area contributed by atoms with Crippen molar-refractivity contribution < 1.29 is 80.2 Å². The van der Waals surface area contributed by atoms with Gasteiger partial charge in [-0.3, -0.25) is 32.5 Å². The molecule has 0 amide bonds. The van der Waals surface area contributed by atoms with E-state index < -0.39 is 84.9 Å². The number of hydrogen-bond acceptors (Lipinski definition) is 15. The summed E-state index contributed by atoms with van der Waals surface area (Å²) in [5.41, 5.74) is 0. The van der Waals surface area contributed by atoms with Gasteiger partial charge in [-0.05, 0) is 122 Å². The van der Waals surface area contributed by atoms with Crippen LogP contribution in [0.15, 0.2) is 60.8 Å². The zero-order valence-corrected chi connectivity index (χ0v) is 62.6. The van der Waals surface area contributed by atoms with Crippen molar-refractivity contribution in [2.24, 2.45) is 0 Å².